The summed E-state index contributed by atoms with van der Waals surface area (Å²) in [5.41, 5.74) is 13.1. The molecule has 9 rings (SSSR count). The lowest BCUT2D eigenvalue weighted by molar-refractivity contribution is 0.739. The minimum absolute atomic E-state index is 0.561. The van der Waals surface area contributed by atoms with E-state index in [2.05, 4.69) is 153 Å². The number of rotatable bonds is 6. The first kappa shape index (κ1) is 30.5. The summed E-state index contributed by atoms with van der Waals surface area (Å²) in [7, 11) is 0. The standard InChI is InChI=1S/C47H34N4/c1-31-12-14-35(15-13-31)41-28-26-38-22-23-39-27-29-42(49-46(39)45(38)48-41)36-18-20-37(21-19-36)44-30-43(34-10-6-3-7-11-34)50-47(51-44)40-24-16-33(17-25-40)32-8-4-2-5-9-32/h2-12,14-31H,13H2,1H3. The molecule has 1 atom stereocenters. The number of benzene rings is 5. The highest BCUT2D eigenvalue weighted by molar-refractivity contribution is 6.04. The number of allylic oxidation sites excluding steroid dienone is 4. The molecule has 5 aromatic carbocycles. The van der Waals surface area contributed by atoms with E-state index in [1.54, 1.807) is 0 Å². The molecule has 0 saturated carbocycles. The van der Waals surface area contributed by atoms with Crippen LogP contribution in [0.25, 0.3) is 83.7 Å². The number of fused-ring (bicyclic) bond motifs is 3. The predicted molar refractivity (Wildman–Crippen MR) is 211 cm³/mol. The monoisotopic (exact) mass is 654 g/mol. The van der Waals surface area contributed by atoms with Crippen molar-refractivity contribution in [3.8, 4) is 56.3 Å². The average Bonchev–Trinajstić information content (AvgIpc) is 3.21. The number of nitrogens with zero attached hydrogens (tertiary/aromatic N) is 4. The van der Waals surface area contributed by atoms with Gasteiger partial charge in [0.05, 0.1) is 33.8 Å². The first-order valence-electron chi connectivity index (χ1n) is 17.5. The maximum atomic E-state index is 5.19. The summed E-state index contributed by atoms with van der Waals surface area (Å²) in [5.74, 6) is 1.25. The van der Waals surface area contributed by atoms with Gasteiger partial charge in [0.25, 0.3) is 0 Å². The molecule has 0 bridgehead atoms. The highest BCUT2D eigenvalue weighted by atomic mass is 14.9. The molecule has 0 amide bonds. The molecule has 0 aliphatic heterocycles. The van der Waals surface area contributed by atoms with Crippen molar-refractivity contribution in [3.05, 3.63) is 176 Å². The summed E-state index contributed by atoms with van der Waals surface area (Å²) in [4.78, 5) is 20.4. The molecular weight excluding hydrogens is 621 g/mol. The van der Waals surface area contributed by atoms with E-state index in [1.165, 1.54) is 11.1 Å². The van der Waals surface area contributed by atoms with Crippen LogP contribution in [-0.2, 0) is 0 Å². The van der Waals surface area contributed by atoms with Gasteiger partial charge in [-0.15, -0.1) is 0 Å². The van der Waals surface area contributed by atoms with Gasteiger partial charge in [0.2, 0.25) is 0 Å². The molecular formula is C47H34N4. The van der Waals surface area contributed by atoms with Crippen molar-refractivity contribution in [1.29, 1.82) is 0 Å². The molecule has 1 unspecified atom stereocenters. The topological polar surface area (TPSA) is 51.6 Å². The fourth-order valence-corrected chi connectivity index (χ4v) is 6.74. The van der Waals surface area contributed by atoms with E-state index in [1.807, 2.05) is 24.3 Å². The third-order valence-electron chi connectivity index (χ3n) is 9.65. The van der Waals surface area contributed by atoms with Crippen molar-refractivity contribution in [3.63, 3.8) is 0 Å². The minimum atomic E-state index is 0.561. The highest BCUT2D eigenvalue weighted by Crippen LogP contribution is 2.32. The molecule has 51 heavy (non-hydrogen) atoms. The van der Waals surface area contributed by atoms with Gasteiger partial charge in [-0.1, -0.05) is 159 Å². The van der Waals surface area contributed by atoms with Crippen LogP contribution < -0.4 is 0 Å². The Bertz CT molecular complexity index is 2590. The van der Waals surface area contributed by atoms with Gasteiger partial charge in [0, 0.05) is 33.0 Å². The second kappa shape index (κ2) is 13.1. The zero-order valence-electron chi connectivity index (χ0n) is 28.2. The zero-order chi connectivity index (χ0) is 34.1. The molecule has 0 radical (unpaired) electrons. The molecule has 1 aliphatic rings. The Morgan fingerprint density at radius 2 is 0.902 bits per heavy atom. The Kier molecular flexibility index (Phi) is 7.82. The molecule has 0 saturated heterocycles. The van der Waals surface area contributed by atoms with Crippen LogP contribution in [0.5, 0.6) is 0 Å². The molecule has 4 nitrogen and oxygen atoms in total. The summed E-state index contributed by atoms with van der Waals surface area (Å²) in [5, 5.41) is 2.16. The van der Waals surface area contributed by atoms with Crippen LogP contribution >= 0.6 is 0 Å². The Balaban J connectivity index is 1.07. The molecule has 242 valence electrons. The van der Waals surface area contributed by atoms with Crippen LogP contribution in [0.15, 0.2) is 170 Å². The summed E-state index contributed by atoms with van der Waals surface area (Å²) in [6.07, 6.45) is 7.78. The Morgan fingerprint density at radius 3 is 1.51 bits per heavy atom. The molecule has 8 aromatic rings. The van der Waals surface area contributed by atoms with Crippen LogP contribution in [0.1, 0.15) is 19.0 Å². The molecule has 3 heterocycles. The van der Waals surface area contributed by atoms with Crippen LogP contribution in [0.3, 0.4) is 0 Å². The molecule has 0 N–H and O–H groups in total. The molecule has 1 aliphatic carbocycles. The minimum Gasteiger partial charge on any atom is -0.246 e. The summed E-state index contributed by atoms with van der Waals surface area (Å²) in [6, 6.07) is 52.6. The fraction of sp³-hybridized carbons (Fsp3) is 0.0638. The van der Waals surface area contributed by atoms with Crippen molar-refractivity contribution in [2.45, 2.75) is 13.3 Å². The van der Waals surface area contributed by atoms with E-state index < -0.39 is 0 Å². The van der Waals surface area contributed by atoms with Gasteiger partial charge >= 0.3 is 0 Å². The largest absolute Gasteiger partial charge is 0.246 e. The van der Waals surface area contributed by atoms with E-state index in [0.717, 1.165) is 78.8 Å². The summed E-state index contributed by atoms with van der Waals surface area (Å²) < 4.78 is 0. The van der Waals surface area contributed by atoms with Crippen molar-refractivity contribution in [2.75, 3.05) is 0 Å². The Hall–Kier alpha value is -6.52. The normalized spacial score (nSPS) is 14.1. The number of pyridine rings is 2. The van der Waals surface area contributed by atoms with Crippen molar-refractivity contribution in [2.24, 2.45) is 5.92 Å². The second-order valence-corrected chi connectivity index (χ2v) is 13.2. The van der Waals surface area contributed by atoms with Gasteiger partial charge in [0.15, 0.2) is 5.82 Å². The first-order chi connectivity index (χ1) is 25.1. The van der Waals surface area contributed by atoms with Gasteiger partial charge in [-0.3, -0.25) is 0 Å². The quantitative estimate of drug-likeness (QED) is 0.167. The van der Waals surface area contributed by atoms with Crippen LogP contribution in [0.2, 0.25) is 0 Å². The number of hydrogen-bond acceptors (Lipinski definition) is 4. The average molecular weight is 655 g/mol. The Labute approximate surface area is 297 Å². The van der Waals surface area contributed by atoms with E-state index in [9.17, 15) is 0 Å². The van der Waals surface area contributed by atoms with Crippen LogP contribution in [-0.4, -0.2) is 19.9 Å². The SMILES string of the molecule is CC1C=CC(c2ccc3ccc4ccc(-c5ccc(-c6cc(-c7ccccc7)nc(-c7ccc(-c8ccccc8)cc7)n6)cc5)nc4c3n2)=CC1. The fourth-order valence-electron chi connectivity index (χ4n) is 6.74. The predicted octanol–water partition coefficient (Wildman–Crippen LogP) is 11.9. The van der Waals surface area contributed by atoms with E-state index in [0.29, 0.717) is 11.7 Å². The maximum Gasteiger partial charge on any atom is 0.160 e. The van der Waals surface area contributed by atoms with Crippen molar-refractivity contribution >= 4 is 27.4 Å². The zero-order valence-corrected chi connectivity index (χ0v) is 28.2. The molecule has 0 fully saturated rings. The number of aromatic nitrogens is 4. The Morgan fingerprint density at radius 1 is 0.431 bits per heavy atom. The van der Waals surface area contributed by atoms with Gasteiger partial charge in [-0.05, 0) is 47.2 Å². The lowest BCUT2D eigenvalue weighted by atomic mass is 9.96. The molecule has 0 spiro atoms. The number of hydrogen-bond donors (Lipinski definition) is 0. The van der Waals surface area contributed by atoms with Gasteiger partial charge < -0.3 is 0 Å². The van der Waals surface area contributed by atoms with Crippen LogP contribution in [0, 0.1) is 5.92 Å². The van der Waals surface area contributed by atoms with Gasteiger partial charge in [0.1, 0.15) is 0 Å². The first-order valence-corrected chi connectivity index (χ1v) is 17.5. The van der Waals surface area contributed by atoms with E-state index >= 15 is 0 Å². The smallest absolute Gasteiger partial charge is 0.160 e. The van der Waals surface area contributed by atoms with Crippen LogP contribution in [0.4, 0.5) is 0 Å². The van der Waals surface area contributed by atoms with Crippen molar-refractivity contribution in [1.82, 2.24) is 19.9 Å². The molecule has 4 heteroatoms. The third kappa shape index (κ3) is 6.13. The van der Waals surface area contributed by atoms with Gasteiger partial charge in [-0.2, -0.15) is 0 Å². The van der Waals surface area contributed by atoms with Gasteiger partial charge in [-0.25, -0.2) is 19.9 Å². The maximum absolute atomic E-state index is 5.19. The van der Waals surface area contributed by atoms with E-state index in [-0.39, 0.29) is 0 Å². The summed E-state index contributed by atoms with van der Waals surface area (Å²) >= 11 is 0. The molecule has 3 aromatic heterocycles. The lowest BCUT2D eigenvalue weighted by Crippen LogP contribution is -1.97. The van der Waals surface area contributed by atoms with E-state index in [4.69, 9.17) is 19.9 Å². The third-order valence-corrected chi connectivity index (χ3v) is 9.65. The lowest BCUT2D eigenvalue weighted by Gasteiger charge is -2.13. The second-order valence-electron chi connectivity index (χ2n) is 13.2. The van der Waals surface area contributed by atoms with Crippen molar-refractivity contribution < 1.29 is 0 Å². The highest BCUT2D eigenvalue weighted by Gasteiger charge is 2.14. The summed E-state index contributed by atoms with van der Waals surface area (Å²) in [6.45, 7) is 2.24.